The molecule has 0 aromatic heterocycles. The van der Waals surface area contributed by atoms with E-state index in [0.29, 0.717) is 6.42 Å². The SMILES string of the molecule is CC1OC2(CCCC(=O)N2C)C1(C)C. The maximum Gasteiger partial charge on any atom is 0.224 e. The van der Waals surface area contributed by atoms with Crippen molar-refractivity contribution in [2.75, 3.05) is 7.05 Å². The molecule has 0 aliphatic carbocycles. The highest BCUT2D eigenvalue weighted by molar-refractivity contribution is 5.77. The number of likely N-dealkylation sites (tertiary alicyclic amines) is 1. The van der Waals surface area contributed by atoms with E-state index in [2.05, 4.69) is 20.8 Å². The van der Waals surface area contributed by atoms with Crippen LogP contribution >= 0.6 is 0 Å². The smallest absolute Gasteiger partial charge is 0.224 e. The number of ether oxygens (including phenoxy) is 1. The lowest BCUT2D eigenvalue weighted by atomic mass is 9.66. The van der Waals surface area contributed by atoms with Gasteiger partial charge in [-0.2, -0.15) is 0 Å². The summed E-state index contributed by atoms with van der Waals surface area (Å²) < 4.78 is 5.87. The molecule has 2 aliphatic rings. The highest BCUT2D eigenvalue weighted by Crippen LogP contribution is 2.55. The Hall–Kier alpha value is -0.570. The lowest BCUT2D eigenvalue weighted by molar-refractivity contribution is -0.359. The molecule has 3 nitrogen and oxygen atoms in total. The van der Waals surface area contributed by atoms with Crippen LogP contribution in [0.2, 0.25) is 0 Å². The van der Waals surface area contributed by atoms with Gasteiger partial charge in [-0.05, 0) is 19.8 Å². The molecule has 0 saturated carbocycles. The first-order valence-corrected chi connectivity index (χ1v) is 5.36. The number of piperidine rings is 1. The number of hydrogen-bond donors (Lipinski definition) is 0. The van der Waals surface area contributed by atoms with Gasteiger partial charge in [0.25, 0.3) is 0 Å². The Morgan fingerprint density at radius 2 is 2.14 bits per heavy atom. The number of hydrogen-bond acceptors (Lipinski definition) is 2. The topological polar surface area (TPSA) is 29.5 Å². The molecule has 1 amide bonds. The molecule has 80 valence electrons. The molecule has 2 heterocycles. The molecular formula is C11H19NO2. The van der Waals surface area contributed by atoms with E-state index in [1.807, 2.05) is 11.9 Å². The molecule has 2 atom stereocenters. The highest BCUT2D eigenvalue weighted by atomic mass is 16.6. The first-order chi connectivity index (χ1) is 6.42. The summed E-state index contributed by atoms with van der Waals surface area (Å²) >= 11 is 0. The fourth-order valence-electron chi connectivity index (χ4n) is 2.76. The fourth-order valence-corrected chi connectivity index (χ4v) is 2.76. The molecule has 0 aromatic rings. The van der Waals surface area contributed by atoms with Gasteiger partial charge < -0.3 is 9.64 Å². The predicted molar refractivity (Wildman–Crippen MR) is 53.7 cm³/mol. The molecule has 2 saturated heterocycles. The number of carbonyl (C=O) groups is 1. The minimum Gasteiger partial charge on any atom is -0.351 e. The van der Waals surface area contributed by atoms with Gasteiger partial charge in [0.15, 0.2) is 5.72 Å². The summed E-state index contributed by atoms with van der Waals surface area (Å²) in [6.07, 6.45) is 2.86. The highest BCUT2D eigenvalue weighted by Gasteiger charge is 2.63. The van der Waals surface area contributed by atoms with Crippen molar-refractivity contribution < 1.29 is 9.53 Å². The molecule has 2 unspecified atom stereocenters. The summed E-state index contributed by atoms with van der Waals surface area (Å²) in [4.78, 5) is 13.5. The Morgan fingerprint density at radius 3 is 2.64 bits per heavy atom. The molecule has 1 spiro atoms. The lowest BCUT2D eigenvalue weighted by Gasteiger charge is -2.65. The van der Waals surface area contributed by atoms with Crippen LogP contribution in [0.5, 0.6) is 0 Å². The average Bonchev–Trinajstić information content (AvgIpc) is 2.13. The third-order valence-electron chi connectivity index (χ3n) is 4.22. The van der Waals surface area contributed by atoms with Crippen molar-refractivity contribution in [3.8, 4) is 0 Å². The minimum atomic E-state index is -0.318. The summed E-state index contributed by atoms with van der Waals surface area (Å²) in [7, 11) is 1.87. The molecule has 2 aliphatic heterocycles. The quantitative estimate of drug-likeness (QED) is 0.592. The van der Waals surface area contributed by atoms with Gasteiger partial charge in [-0.15, -0.1) is 0 Å². The summed E-state index contributed by atoms with van der Waals surface area (Å²) in [6.45, 7) is 6.46. The van der Waals surface area contributed by atoms with Crippen molar-refractivity contribution in [2.24, 2.45) is 5.41 Å². The van der Waals surface area contributed by atoms with E-state index >= 15 is 0 Å². The maximum atomic E-state index is 11.6. The van der Waals surface area contributed by atoms with Gasteiger partial charge in [0.2, 0.25) is 5.91 Å². The summed E-state index contributed by atoms with van der Waals surface area (Å²) in [5.41, 5.74) is -0.237. The van der Waals surface area contributed by atoms with Gasteiger partial charge in [-0.3, -0.25) is 4.79 Å². The molecule has 0 N–H and O–H groups in total. The second-order valence-electron chi connectivity index (χ2n) is 5.07. The van der Waals surface area contributed by atoms with Crippen LogP contribution in [0.1, 0.15) is 40.0 Å². The van der Waals surface area contributed by atoms with E-state index in [4.69, 9.17) is 4.74 Å². The zero-order chi connectivity index (χ0) is 10.6. The van der Waals surface area contributed by atoms with E-state index in [1.165, 1.54) is 0 Å². The monoisotopic (exact) mass is 197 g/mol. The third kappa shape index (κ3) is 0.937. The lowest BCUT2D eigenvalue weighted by Crippen LogP contribution is -2.74. The molecule has 3 heteroatoms. The molecule has 0 radical (unpaired) electrons. The normalized spacial score (nSPS) is 41.3. The Kier molecular flexibility index (Phi) is 1.94. The van der Waals surface area contributed by atoms with E-state index in [1.54, 1.807) is 0 Å². The summed E-state index contributed by atoms with van der Waals surface area (Å²) in [5, 5.41) is 0. The Bertz CT molecular complexity index is 270. The van der Waals surface area contributed by atoms with Gasteiger partial charge in [-0.25, -0.2) is 0 Å². The van der Waals surface area contributed by atoms with Crippen molar-refractivity contribution >= 4 is 5.91 Å². The standard InChI is InChI=1S/C11H19NO2/c1-8-10(2,3)11(14-8)7-5-6-9(13)12(11)4/h8H,5-7H2,1-4H3. The van der Waals surface area contributed by atoms with Crippen LogP contribution in [-0.4, -0.2) is 29.7 Å². The first kappa shape index (κ1) is 9.97. The molecule has 14 heavy (non-hydrogen) atoms. The summed E-state index contributed by atoms with van der Waals surface area (Å²) in [5.74, 6) is 0.219. The number of amides is 1. The van der Waals surface area contributed by atoms with Crippen LogP contribution in [0, 0.1) is 5.41 Å². The van der Waals surface area contributed by atoms with E-state index in [-0.39, 0.29) is 23.2 Å². The van der Waals surface area contributed by atoms with Crippen LogP contribution in [0.15, 0.2) is 0 Å². The average molecular weight is 197 g/mol. The molecule has 0 aromatic carbocycles. The van der Waals surface area contributed by atoms with Crippen molar-refractivity contribution in [3.05, 3.63) is 0 Å². The van der Waals surface area contributed by atoms with E-state index in [9.17, 15) is 4.79 Å². The van der Waals surface area contributed by atoms with Crippen LogP contribution in [-0.2, 0) is 9.53 Å². The second-order valence-corrected chi connectivity index (χ2v) is 5.07. The van der Waals surface area contributed by atoms with Gasteiger partial charge in [-0.1, -0.05) is 13.8 Å². The van der Waals surface area contributed by atoms with Gasteiger partial charge in [0, 0.05) is 18.9 Å². The Balaban J connectivity index is 2.28. The largest absolute Gasteiger partial charge is 0.351 e. The fraction of sp³-hybridized carbons (Fsp3) is 0.909. The first-order valence-electron chi connectivity index (χ1n) is 5.36. The predicted octanol–water partition coefficient (Wildman–Crippen LogP) is 1.77. The number of carbonyl (C=O) groups excluding carboxylic acids is 1. The third-order valence-corrected chi connectivity index (χ3v) is 4.22. The van der Waals surface area contributed by atoms with Crippen molar-refractivity contribution in [1.82, 2.24) is 4.90 Å². The van der Waals surface area contributed by atoms with Crippen LogP contribution < -0.4 is 0 Å². The second kappa shape index (κ2) is 2.72. The van der Waals surface area contributed by atoms with E-state index < -0.39 is 0 Å². The van der Waals surface area contributed by atoms with Gasteiger partial charge >= 0.3 is 0 Å². The number of nitrogens with zero attached hydrogens (tertiary/aromatic N) is 1. The molecule has 2 fully saturated rings. The van der Waals surface area contributed by atoms with Crippen molar-refractivity contribution in [3.63, 3.8) is 0 Å². The minimum absolute atomic E-state index is 0.0812. The maximum absolute atomic E-state index is 11.6. The van der Waals surface area contributed by atoms with Gasteiger partial charge in [0.05, 0.1) is 6.10 Å². The van der Waals surface area contributed by atoms with Gasteiger partial charge in [0.1, 0.15) is 0 Å². The van der Waals surface area contributed by atoms with Crippen LogP contribution in [0.25, 0.3) is 0 Å². The zero-order valence-corrected chi connectivity index (χ0v) is 9.46. The molecule has 0 bridgehead atoms. The number of rotatable bonds is 0. The molecular weight excluding hydrogens is 178 g/mol. The van der Waals surface area contributed by atoms with Crippen molar-refractivity contribution in [1.29, 1.82) is 0 Å². The summed E-state index contributed by atoms with van der Waals surface area (Å²) in [6, 6.07) is 0. The molecule has 2 rings (SSSR count). The van der Waals surface area contributed by atoms with Crippen LogP contribution in [0.4, 0.5) is 0 Å². The zero-order valence-electron chi connectivity index (χ0n) is 9.46. The van der Waals surface area contributed by atoms with Crippen LogP contribution in [0.3, 0.4) is 0 Å². The van der Waals surface area contributed by atoms with E-state index in [0.717, 1.165) is 12.8 Å². The Morgan fingerprint density at radius 1 is 1.50 bits per heavy atom. The Labute approximate surface area is 85.4 Å². The van der Waals surface area contributed by atoms with Crippen molar-refractivity contribution in [2.45, 2.75) is 51.9 Å².